The Labute approximate surface area is 138 Å². The Hall–Kier alpha value is -1.48. The average molecular weight is 345 g/mol. The summed E-state index contributed by atoms with van der Waals surface area (Å²) in [4.78, 5) is 12.5. The molecule has 0 radical (unpaired) electrons. The molecular formula is C14H27N5O3S. The minimum atomic E-state index is -3.47. The fraction of sp³-hybridized carbons (Fsp3) is 0.786. The molecule has 0 fully saturated rings. The second-order valence-electron chi connectivity index (χ2n) is 6.52. The molecule has 23 heavy (non-hydrogen) atoms. The Balaban J connectivity index is 3.06. The Morgan fingerprint density at radius 2 is 1.65 bits per heavy atom. The van der Waals surface area contributed by atoms with Gasteiger partial charge in [0.25, 0.3) is 0 Å². The molecule has 0 unspecified atom stereocenters. The number of anilines is 2. The van der Waals surface area contributed by atoms with Gasteiger partial charge in [-0.2, -0.15) is 15.0 Å². The van der Waals surface area contributed by atoms with Gasteiger partial charge in [0.05, 0.1) is 18.9 Å². The summed E-state index contributed by atoms with van der Waals surface area (Å²) in [7, 11) is -3.47. The first-order chi connectivity index (χ1) is 10.6. The first kappa shape index (κ1) is 19.6. The minimum Gasteiger partial charge on any atom is -0.394 e. The van der Waals surface area contributed by atoms with E-state index in [2.05, 4.69) is 38.8 Å². The zero-order chi connectivity index (χ0) is 17.6. The van der Waals surface area contributed by atoms with Gasteiger partial charge < -0.3 is 10.4 Å². The zero-order valence-corrected chi connectivity index (χ0v) is 15.2. The molecule has 132 valence electrons. The molecule has 0 saturated carbocycles. The maximum Gasteiger partial charge on any atom is 0.241 e. The van der Waals surface area contributed by atoms with Crippen LogP contribution in [0.5, 0.6) is 0 Å². The van der Waals surface area contributed by atoms with E-state index in [0.717, 1.165) is 12.7 Å². The van der Waals surface area contributed by atoms with Gasteiger partial charge in [-0.25, -0.2) is 8.42 Å². The molecule has 0 aliphatic carbocycles. The fourth-order valence-electron chi connectivity index (χ4n) is 2.08. The lowest BCUT2D eigenvalue weighted by atomic mass is 10.0. The lowest BCUT2D eigenvalue weighted by molar-refractivity contribution is 0.259. The van der Waals surface area contributed by atoms with Crippen LogP contribution in [0.2, 0.25) is 0 Å². The topological polar surface area (TPSA) is 117 Å². The maximum absolute atomic E-state index is 11.4. The van der Waals surface area contributed by atoms with Crippen LogP contribution in [0.15, 0.2) is 0 Å². The third kappa shape index (κ3) is 8.08. The molecule has 0 aromatic carbocycles. The molecule has 8 nitrogen and oxygen atoms in total. The molecule has 0 aliphatic heterocycles. The number of nitrogens with one attached hydrogen (secondary N) is 2. The van der Waals surface area contributed by atoms with Crippen LogP contribution in [-0.4, -0.2) is 47.4 Å². The number of hydrogen-bond donors (Lipinski definition) is 3. The van der Waals surface area contributed by atoms with Crippen LogP contribution in [-0.2, 0) is 16.4 Å². The maximum atomic E-state index is 11.4. The van der Waals surface area contributed by atoms with Crippen molar-refractivity contribution >= 4 is 21.9 Å². The number of aliphatic hydroxyl groups is 1. The predicted octanol–water partition coefficient (Wildman–Crippen LogP) is 1.26. The fourth-order valence-corrected chi connectivity index (χ4v) is 2.51. The largest absolute Gasteiger partial charge is 0.394 e. The van der Waals surface area contributed by atoms with Crippen molar-refractivity contribution in [1.82, 2.24) is 15.0 Å². The lowest BCUT2D eigenvalue weighted by Gasteiger charge is -2.19. The first-order valence-corrected chi connectivity index (χ1v) is 9.58. The highest BCUT2D eigenvalue weighted by Gasteiger charge is 2.15. The summed E-state index contributed by atoms with van der Waals surface area (Å²) in [5.74, 6) is 1.47. The van der Waals surface area contributed by atoms with Gasteiger partial charge in [-0.15, -0.1) is 0 Å². The second-order valence-corrected chi connectivity index (χ2v) is 8.27. The van der Waals surface area contributed by atoms with E-state index >= 15 is 0 Å². The third-order valence-electron chi connectivity index (χ3n) is 2.86. The van der Waals surface area contributed by atoms with Crippen LogP contribution in [0, 0.1) is 11.8 Å². The molecule has 0 spiro atoms. The van der Waals surface area contributed by atoms with Gasteiger partial charge >= 0.3 is 0 Å². The number of aromatic nitrogens is 3. The average Bonchev–Trinajstić information content (AvgIpc) is 2.33. The van der Waals surface area contributed by atoms with Gasteiger partial charge in [-0.1, -0.05) is 27.7 Å². The van der Waals surface area contributed by atoms with Crippen molar-refractivity contribution in [2.24, 2.45) is 11.8 Å². The monoisotopic (exact) mass is 345 g/mol. The van der Waals surface area contributed by atoms with Crippen LogP contribution in [0.25, 0.3) is 0 Å². The van der Waals surface area contributed by atoms with Gasteiger partial charge in [0, 0.05) is 6.42 Å². The molecule has 1 heterocycles. The molecule has 1 aromatic heterocycles. The zero-order valence-electron chi connectivity index (χ0n) is 14.4. The molecule has 3 N–H and O–H groups in total. The van der Waals surface area contributed by atoms with E-state index < -0.39 is 10.0 Å². The van der Waals surface area contributed by atoms with Crippen LogP contribution in [0.3, 0.4) is 0 Å². The standard InChI is InChI=1S/C14H27N5O3S/c1-9(2)6-11(8-20)15-13-16-12(7-10(3)4)17-14(18-13)19-23(5,21)22/h9-11,20H,6-8H2,1-5H3,(H2,15,16,17,18,19)/t11-/m1/s1. The molecule has 0 bridgehead atoms. The van der Waals surface area contributed by atoms with E-state index in [9.17, 15) is 13.5 Å². The van der Waals surface area contributed by atoms with Gasteiger partial charge in [-0.05, 0) is 18.3 Å². The number of nitrogens with zero attached hydrogens (tertiary/aromatic N) is 3. The summed E-state index contributed by atoms with van der Waals surface area (Å²) in [5, 5.41) is 12.5. The quantitative estimate of drug-likeness (QED) is 0.617. The molecule has 1 atom stereocenters. The Kier molecular flexibility index (Phi) is 7.14. The molecule has 0 aliphatic rings. The van der Waals surface area contributed by atoms with E-state index in [0.29, 0.717) is 24.1 Å². The number of rotatable bonds is 9. The molecule has 0 saturated heterocycles. The van der Waals surface area contributed by atoms with E-state index in [-0.39, 0.29) is 24.5 Å². The summed E-state index contributed by atoms with van der Waals surface area (Å²) in [6.07, 6.45) is 2.39. The number of aliphatic hydroxyl groups excluding tert-OH is 1. The van der Waals surface area contributed by atoms with Crippen molar-refractivity contribution in [1.29, 1.82) is 0 Å². The van der Waals surface area contributed by atoms with Gasteiger partial charge in [0.1, 0.15) is 5.82 Å². The van der Waals surface area contributed by atoms with Gasteiger partial charge in [0.15, 0.2) is 0 Å². The normalized spacial score (nSPS) is 13.4. The van der Waals surface area contributed by atoms with Crippen LogP contribution >= 0.6 is 0 Å². The molecule has 0 amide bonds. The van der Waals surface area contributed by atoms with Gasteiger partial charge in [-0.3, -0.25) is 4.72 Å². The van der Waals surface area contributed by atoms with Gasteiger partial charge in [0.2, 0.25) is 21.9 Å². The van der Waals surface area contributed by atoms with Crippen LogP contribution in [0.1, 0.15) is 39.9 Å². The van der Waals surface area contributed by atoms with Crippen LogP contribution < -0.4 is 10.0 Å². The first-order valence-electron chi connectivity index (χ1n) is 7.69. The molecule has 1 rings (SSSR count). The van der Waals surface area contributed by atoms with Crippen molar-refractivity contribution in [3.8, 4) is 0 Å². The molecular weight excluding hydrogens is 318 g/mol. The van der Waals surface area contributed by atoms with Crippen molar-refractivity contribution in [2.75, 3.05) is 22.9 Å². The highest BCUT2D eigenvalue weighted by atomic mass is 32.2. The van der Waals surface area contributed by atoms with E-state index in [1.165, 1.54) is 0 Å². The lowest BCUT2D eigenvalue weighted by Crippen LogP contribution is -2.27. The molecule has 9 heteroatoms. The van der Waals surface area contributed by atoms with Crippen molar-refractivity contribution in [3.63, 3.8) is 0 Å². The SMILES string of the molecule is CC(C)Cc1nc(N[C@@H](CO)CC(C)C)nc(NS(C)(=O)=O)n1. The van der Waals surface area contributed by atoms with Crippen molar-refractivity contribution < 1.29 is 13.5 Å². The Morgan fingerprint density at radius 3 is 2.13 bits per heavy atom. The summed E-state index contributed by atoms with van der Waals surface area (Å²) in [6.45, 7) is 8.10. The highest BCUT2D eigenvalue weighted by Crippen LogP contribution is 2.14. The Morgan fingerprint density at radius 1 is 1.04 bits per heavy atom. The summed E-state index contributed by atoms with van der Waals surface area (Å²) < 4.78 is 25.1. The smallest absolute Gasteiger partial charge is 0.241 e. The van der Waals surface area contributed by atoms with E-state index in [4.69, 9.17) is 0 Å². The summed E-state index contributed by atoms with van der Waals surface area (Å²) >= 11 is 0. The second kappa shape index (κ2) is 8.39. The van der Waals surface area contributed by atoms with E-state index in [1.807, 2.05) is 13.8 Å². The summed E-state index contributed by atoms with van der Waals surface area (Å²) in [6, 6.07) is -0.199. The van der Waals surface area contributed by atoms with Crippen molar-refractivity contribution in [3.05, 3.63) is 5.82 Å². The highest BCUT2D eigenvalue weighted by molar-refractivity contribution is 7.91. The van der Waals surface area contributed by atoms with Crippen molar-refractivity contribution in [2.45, 2.75) is 46.6 Å². The number of hydrogen-bond acceptors (Lipinski definition) is 7. The number of sulfonamides is 1. The molecule has 1 aromatic rings. The van der Waals surface area contributed by atoms with E-state index in [1.54, 1.807) is 0 Å². The Bertz CT molecular complexity index is 604. The minimum absolute atomic E-state index is 0.0121. The summed E-state index contributed by atoms with van der Waals surface area (Å²) in [5.41, 5.74) is 0. The van der Waals surface area contributed by atoms with Crippen LogP contribution in [0.4, 0.5) is 11.9 Å². The predicted molar refractivity (Wildman–Crippen MR) is 90.8 cm³/mol. The third-order valence-corrected chi connectivity index (χ3v) is 3.41.